The monoisotopic (exact) mass is 857 g/mol. The Morgan fingerprint density at radius 3 is 2.20 bits per heavy atom. The molecule has 4 N–H and O–H groups in total. The molecule has 0 bridgehead atoms. The van der Waals surface area contributed by atoms with Gasteiger partial charge in [0.05, 0.1) is 29.3 Å². The van der Waals surface area contributed by atoms with Crippen molar-refractivity contribution in [3.05, 3.63) is 185 Å². The van der Waals surface area contributed by atoms with E-state index in [1.807, 2.05) is 117 Å². The van der Waals surface area contributed by atoms with Crippen LogP contribution in [-0.4, -0.2) is 53.4 Å². The number of nitrogens with zero attached hydrogens (tertiary/aromatic N) is 1. The van der Waals surface area contributed by atoms with Crippen LogP contribution < -0.4 is 10.0 Å². The fraction of sp³-hybridized carbons (Fsp3) is 0.229. The second-order valence-corrected chi connectivity index (χ2v) is 17.7. The summed E-state index contributed by atoms with van der Waals surface area (Å²) in [4.78, 5) is 30.1. The summed E-state index contributed by atoms with van der Waals surface area (Å²) in [6.07, 6.45) is 0.278. The van der Waals surface area contributed by atoms with Crippen LogP contribution in [0.15, 0.2) is 156 Å². The fourth-order valence-corrected chi connectivity index (χ4v) is 9.58. The lowest BCUT2D eigenvalue weighted by Gasteiger charge is -2.41. The van der Waals surface area contributed by atoms with Gasteiger partial charge >= 0.3 is 5.97 Å². The van der Waals surface area contributed by atoms with Crippen molar-refractivity contribution < 1.29 is 37.7 Å². The number of nitrogens with one attached hydrogen (secondary N) is 2. The van der Waals surface area contributed by atoms with Crippen molar-refractivity contribution in [2.75, 3.05) is 5.75 Å². The molecule has 0 spiro atoms. The summed E-state index contributed by atoms with van der Waals surface area (Å²) >= 11 is 1.33. The van der Waals surface area contributed by atoms with E-state index in [1.165, 1.54) is 30.0 Å². The third-order valence-electron chi connectivity index (χ3n) is 10.7. The zero-order valence-electron chi connectivity index (χ0n) is 33.7. The number of aliphatic hydroxyl groups is 1. The molecule has 1 amide bonds. The number of carbonyl (C=O) groups excluding carboxylic acids is 1. The summed E-state index contributed by atoms with van der Waals surface area (Å²) in [5, 5.41) is 22.8. The molecule has 5 unspecified atom stereocenters. The van der Waals surface area contributed by atoms with Gasteiger partial charge < -0.3 is 25.0 Å². The Labute approximate surface area is 360 Å². The van der Waals surface area contributed by atoms with E-state index < -0.39 is 34.2 Å². The highest BCUT2D eigenvalue weighted by Crippen LogP contribution is 2.43. The van der Waals surface area contributed by atoms with Gasteiger partial charge in [-0.2, -0.15) is 4.72 Å². The molecule has 1 aliphatic rings. The molecule has 61 heavy (non-hydrogen) atoms. The van der Waals surface area contributed by atoms with Crippen LogP contribution >= 0.6 is 11.8 Å². The average Bonchev–Trinajstić information content (AvgIpc) is 3.28. The number of thioether (sulfide) groups is 1. The molecule has 1 fully saturated rings. The molecule has 314 valence electrons. The molecule has 11 nitrogen and oxygen atoms in total. The van der Waals surface area contributed by atoms with E-state index in [4.69, 9.17) is 9.47 Å². The predicted octanol–water partition coefficient (Wildman–Crippen LogP) is 8.04. The van der Waals surface area contributed by atoms with E-state index in [-0.39, 0.29) is 48.2 Å². The highest BCUT2D eigenvalue weighted by molar-refractivity contribution is 7.99. The van der Waals surface area contributed by atoms with E-state index in [0.29, 0.717) is 10.8 Å². The Kier molecular flexibility index (Phi) is 14.1. The number of benzene rings is 5. The molecule has 13 heteroatoms. The maximum Gasteiger partial charge on any atom is 0.338 e. The number of rotatable bonds is 16. The van der Waals surface area contributed by atoms with Crippen LogP contribution in [0.1, 0.15) is 63.1 Å². The van der Waals surface area contributed by atoms with Gasteiger partial charge in [-0.25, -0.2) is 18.2 Å². The number of aromatic nitrogens is 1. The molecule has 0 radical (unpaired) electrons. The summed E-state index contributed by atoms with van der Waals surface area (Å²) < 4.78 is 42.8. The van der Waals surface area contributed by atoms with Crippen LogP contribution in [-0.2, 0) is 43.9 Å². The van der Waals surface area contributed by atoms with E-state index in [9.17, 15) is 28.2 Å². The minimum absolute atomic E-state index is 0.0744. The lowest BCUT2D eigenvalue weighted by atomic mass is 9.91. The number of pyridine rings is 1. The Bertz CT molecular complexity index is 2540. The highest BCUT2D eigenvalue weighted by Gasteiger charge is 2.38. The molecule has 1 saturated heterocycles. The smallest absolute Gasteiger partial charge is 0.338 e. The summed E-state index contributed by atoms with van der Waals surface area (Å²) in [6.45, 7) is 4.00. The molecular formula is C48H47N3O8S2. The number of amides is 1. The van der Waals surface area contributed by atoms with Gasteiger partial charge in [-0.15, -0.1) is 11.8 Å². The van der Waals surface area contributed by atoms with Crippen molar-refractivity contribution >= 4 is 33.7 Å². The van der Waals surface area contributed by atoms with Gasteiger partial charge in [-0.1, -0.05) is 128 Å². The molecule has 2 heterocycles. The van der Waals surface area contributed by atoms with Crippen molar-refractivity contribution in [2.24, 2.45) is 5.92 Å². The molecular weight excluding hydrogens is 811 g/mol. The zero-order chi connectivity index (χ0) is 42.9. The van der Waals surface area contributed by atoms with Crippen molar-refractivity contribution in [3.63, 3.8) is 0 Å². The van der Waals surface area contributed by atoms with E-state index >= 15 is 0 Å². The maximum absolute atomic E-state index is 13.8. The first-order valence-corrected chi connectivity index (χ1v) is 22.4. The van der Waals surface area contributed by atoms with Crippen molar-refractivity contribution in [2.45, 2.75) is 67.9 Å². The minimum atomic E-state index is -4.00. The van der Waals surface area contributed by atoms with Gasteiger partial charge in [0.2, 0.25) is 15.9 Å². The van der Waals surface area contributed by atoms with E-state index in [1.54, 1.807) is 24.4 Å². The first-order chi connectivity index (χ1) is 29.5. The predicted molar refractivity (Wildman–Crippen MR) is 234 cm³/mol. The van der Waals surface area contributed by atoms with Gasteiger partial charge in [0.15, 0.2) is 6.29 Å². The van der Waals surface area contributed by atoms with Gasteiger partial charge in [-0.05, 0) is 71.0 Å². The summed E-state index contributed by atoms with van der Waals surface area (Å²) in [5.41, 5.74) is 6.96. The quantitative estimate of drug-likeness (QED) is 0.0701. The maximum atomic E-state index is 13.8. The van der Waals surface area contributed by atoms with Crippen LogP contribution in [0, 0.1) is 12.8 Å². The van der Waals surface area contributed by atoms with Crippen LogP contribution in [0.4, 0.5) is 0 Å². The first kappa shape index (κ1) is 43.4. The van der Waals surface area contributed by atoms with Gasteiger partial charge in [0.25, 0.3) is 0 Å². The molecule has 1 aliphatic heterocycles. The number of aryl methyl sites for hydroxylation is 1. The average molecular weight is 858 g/mol. The van der Waals surface area contributed by atoms with Gasteiger partial charge in [0.1, 0.15) is 11.1 Å². The van der Waals surface area contributed by atoms with Crippen LogP contribution in [0.2, 0.25) is 0 Å². The lowest BCUT2D eigenvalue weighted by Crippen LogP contribution is -2.47. The SMILES string of the molecule is Cc1ccc(S(=O)(=O)NC(Cc2ccccc2)C(=O)NCc2ccccc2-c2ccc(C3OC(CSc4ncccc4C(=O)O)C(C)C(c4ccc(CO)cc4)O3)cc2)cc1. The number of hydrogen-bond acceptors (Lipinski definition) is 9. The first-order valence-electron chi connectivity index (χ1n) is 19.9. The van der Waals surface area contributed by atoms with Crippen LogP contribution in [0.5, 0.6) is 0 Å². The third-order valence-corrected chi connectivity index (χ3v) is 13.3. The number of carboxylic acid groups (broad SMARTS) is 1. The Hall–Kier alpha value is -5.67. The third kappa shape index (κ3) is 10.8. The highest BCUT2D eigenvalue weighted by atomic mass is 32.2. The Morgan fingerprint density at radius 1 is 0.803 bits per heavy atom. The number of carboxylic acids is 1. The number of hydrogen-bond donors (Lipinski definition) is 4. The molecule has 5 aromatic carbocycles. The molecule has 0 aliphatic carbocycles. The Balaban J connectivity index is 1.09. The molecule has 0 saturated carbocycles. The fourth-order valence-electron chi connectivity index (χ4n) is 7.23. The van der Waals surface area contributed by atoms with E-state index in [0.717, 1.165) is 44.5 Å². The number of aromatic carboxylic acids is 1. The van der Waals surface area contributed by atoms with Crippen LogP contribution in [0.3, 0.4) is 0 Å². The standard InChI is InChI=1S/C48H47N3O8S2/c1-31-14-24-39(25-15-31)61(56,57)51-42(27-33-9-4-3-5-10-33)45(53)50-28-38-11-6-7-12-40(38)35-20-22-37(23-21-35)48-58-43(30-60-46-41(47(54)55)13-8-26-49-46)32(2)44(59-48)36-18-16-34(29-52)17-19-36/h3-26,32,42-44,48,51-52H,27-30H2,1-2H3,(H,50,53)(H,54,55). The van der Waals surface area contributed by atoms with Crippen molar-refractivity contribution in [3.8, 4) is 11.1 Å². The number of ether oxygens (including phenoxy) is 2. The van der Waals surface area contributed by atoms with Crippen molar-refractivity contribution in [1.29, 1.82) is 0 Å². The topological polar surface area (TPSA) is 164 Å². The summed E-state index contributed by atoms with van der Waals surface area (Å²) in [5.74, 6) is -1.19. The number of sulfonamides is 1. The zero-order valence-corrected chi connectivity index (χ0v) is 35.3. The molecule has 6 aromatic rings. The van der Waals surface area contributed by atoms with E-state index in [2.05, 4.69) is 15.0 Å². The number of aliphatic hydroxyl groups excluding tert-OH is 1. The molecule has 5 atom stereocenters. The summed E-state index contributed by atoms with van der Waals surface area (Å²) in [6, 6.07) is 41.0. The van der Waals surface area contributed by atoms with Gasteiger partial charge in [0, 0.05) is 30.0 Å². The van der Waals surface area contributed by atoms with Gasteiger partial charge in [-0.3, -0.25) is 4.79 Å². The van der Waals surface area contributed by atoms with Crippen LogP contribution in [0.25, 0.3) is 11.1 Å². The van der Waals surface area contributed by atoms with Crippen molar-refractivity contribution in [1.82, 2.24) is 15.0 Å². The summed E-state index contributed by atoms with van der Waals surface area (Å²) in [7, 11) is -4.00. The second kappa shape index (κ2) is 19.8. The molecule has 7 rings (SSSR count). The normalized spacial score (nSPS) is 18.3. The Morgan fingerprint density at radius 2 is 1.49 bits per heavy atom. The largest absolute Gasteiger partial charge is 0.478 e. The lowest BCUT2D eigenvalue weighted by molar-refractivity contribution is -0.268. The number of carbonyl (C=O) groups is 2. The minimum Gasteiger partial charge on any atom is -0.478 e. The second-order valence-electron chi connectivity index (χ2n) is 15.0. The molecule has 1 aromatic heterocycles.